The lowest BCUT2D eigenvalue weighted by Crippen LogP contribution is -2.02. The lowest BCUT2D eigenvalue weighted by molar-refractivity contribution is 0.329. The number of nitrogens with one attached hydrogen (secondary N) is 1. The lowest BCUT2D eigenvalue weighted by atomic mass is 10.6. The van der Waals surface area contributed by atoms with E-state index in [9.17, 15) is 0 Å². The molecule has 0 bridgehead atoms. The molecule has 2 heterocycles. The first kappa shape index (κ1) is 8.80. The average molecular weight is 192 g/mol. The zero-order valence-electron chi connectivity index (χ0n) is 8.19. The Morgan fingerprint density at radius 3 is 3.14 bits per heavy atom. The predicted molar refractivity (Wildman–Crippen MR) is 53.7 cm³/mol. The molecule has 5 heteroatoms. The Hall–Kier alpha value is -1.78. The number of ether oxygens (including phenoxy) is 1. The van der Waals surface area contributed by atoms with E-state index in [1.54, 1.807) is 6.20 Å². The summed E-state index contributed by atoms with van der Waals surface area (Å²) in [6, 6.07) is 0. The summed E-state index contributed by atoms with van der Waals surface area (Å²) >= 11 is 0. The van der Waals surface area contributed by atoms with Crippen LogP contribution in [0.1, 0.15) is 6.92 Å². The van der Waals surface area contributed by atoms with Gasteiger partial charge in [0.15, 0.2) is 0 Å². The highest BCUT2D eigenvalue weighted by atomic mass is 16.5. The number of anilines is 1. The van der Waals surface area contributed by atoms with E-state index >= 15 is 0 Å². The molecule has 0 unspecified atom stereocenters. The summed E-state index contributed by atoms with van der Waals surface area (Å²) in [5.41, 5.74) is 0.742. The predicted octanol–water partition coefficient (Wildman–Crippen LogP) is 1.17. The van der Waals surface area contributed by atoms with Gasteiger partial charge in [-0.1, -0.05) is 0 Å². The maximum absolute atomic E-state index is 5.39. The van der Waals surface area contributed by atoms with Gasteiger partial charge in [-0.3, -0.25) is 4.40 Å². The van der Waals surface area contributed by atoms with Crippen molar-refractivity contribution in [3.63, 3.8) is 0 Å². The highest BCUT2D eigenvalue weighted by Gasteiger charge is 2.06. The molecule has 0 aromatic carbocycles. The smallest absolute Gasteiger partial charge is 0.260 e. The van der Waals surface area contributed by atoms with Gasteiger partial charge >= 0.3 is 0 Å². The highest BCUT2D eigenvalue weighted by Crippen LogP contribution is 2.17. The number of fused-ring (bicyclic) bond motifs is 1. The van der Waals surface area contributed by atoms with Gasteiger partial charge < -0.3 is 10.1 Å². The molecule has 5 nitrogen and oxygen atoms in total. The Bertz CT molecular complexity index is 437. The molecule has 0 amide bonds. The third-order valence-corrected chi connectivity index (χ3v) is 1.88. The molecule has 2 rings (SSSR count). The minimum absolute atomic E-state index is 0.560. The molecule has 0 aliphatic rings. The molecule has 0 saturated carbocycles. The minimum atomic E-state index is 0.560. The van der Waals surface area contributed by atoms with Crippen LogP contribution in [0.2, 0.25) is 0 Å². The number of hydrogen-bond acceptors (Lipinski definition) is 4. The topological polar surface area (TPSA) is 51.5 Å². The van der Waals surface area contributed by atoms with Crippen molar-refractivity contribution in [3.8, 4) is 5.88 Å². The second-order valence-corrected chi connectivity index (χ2v) is 2.77. The summed E-state index contributed by atoms with van der Waals surface area (Å²) in [4.78, 5) is 8.43. The Labute approximate surface area is 81.7 Å². The van der Waals surface area contributed by atoms with Crippen LogP contribution in [0.25, 0.3) is 5.65 Å². The van der Waals surface area contributed by atoms with Crippen LogP contribution in [0.3, 0.4) is 0 Å². The van der Waals surface area contributed by atoms with E-state index < -0.39 is 0 Å². The van der Waals surface area contributed by atoms with Crippen molar-refractivity contribution >= 4 is 11.5 Å². The van der Waals surface area contributed by atoms with E-state index in [1.807, 2.05) is 30.8 Å². The third kappa shape index (κ3) is 1.37. The van der Waals surface area contributed by atoms with Gasteiger partial charge in [0.25, 0.3) is 5.88 Å². The van der Waals surface area contributed by atoms with Crippen LogP contribution >= 0.6 is 0 Å². The zero-order chi connectivity index (χ0) is 9.97. The van der Waals surface area contributed by atoms with Gasteiger partial charge in [-0.25, -0.2) is 4.98 Å². The first-order chi connectivity index (χ1) is 6.85. The molecule has 0 saturated heterocycles. The van der Waals surface area contributed by atoms with Crippen molar-refractivity contribution < 1.29 is 4.74 Å². The Morgan fingerprint density at radius 1 is 1.57 bits per heavy atom. The van der Waals surface area contributed by atoms with E-state index in [1.165, 1.54) is 0 Å². The van der Waals surface area contributed by atoms with Gasteiger partial charge in [0, 0.05) is 19.4 Å². The van der Waals surface area contributed by atoms with Crippen molar-refractivity contribution in [3.05, 3.63) is 18.6 Å². The summed E-state index contributed by atoms with van der Waals surface area (Å²) in [5.74, 6) is 1.32. The molecule has 2 aromatic rings. The molecule has 2 aromatic heterocycles. The van der Waals surface area contributed by atoms with E-state index in [0.717, 1.165) is 11.5 Å². The van der Waals surface area contributed by atoms with Crippen LogP contribution in [0.5, 0.6) is 5.88 Å². The number of imidazole rings is 1. The maximum Gasteiger partial charge on any atom is 0.260 e. The fraction of sp³-hybridized carbons (Fsp3) is 0.333. The van der Waals surface area contributed by atoms with Gasteiger partial charge in [0.2, 0.25) is 5.65 Å². The van der Waals surface area contributed by atoms with E-state index in [0.29, 0.717) is 12.5 Å². The van der Waals surface area contributed by atoms with Gasteiger partial charge in [-0.2, -0.15) is 4.98 Å². The van der Waals surface area contributed by atoms with Crippen LogP contribution in [0.15, 0.2) is 18.6 Å². The van der Waals surface area contributed by atoms with E-state index in [-0.39, 0.29) is 0 Å². The Morgan fingerprint density at radius 2 is 2.43 bits per heavy atom. The summed E-state index contributed by atoms with van der Waals surface area (Å²) in [5, 5.41) is 2.97. The molecule has 14 heavy (non-hydrogen) atoms. The number of aromatic nitrogens is 3. The molecule has 0 aliphatic carbocycles. The van der Waals surface area contributed by atoms with Crippen LogP contribution in [0.4, 0.5) is 5.82 Å². The molecule has 0 fully saturated rings. The van der Waals surface area contributed by atoms with Crippen molar-refractivity contribution in [1.29, 1.82) is 0 Å². The van der Waals surface area contributed by atoms with Crippen molar-refractivity contribution in [2.45, 2.75) is 6.92 Å². The standard InChI is InChI=1S/C9H12N4O/c1-3-14-9-8-11-4-5-13(8)6-7(10-2)12-9/h4-6,10H,3H2,1-2H3. The maximum atomic E-state index is 5.39. The summed E-state index contributed by atoms with van der Waals surface area (Å²) in [6.07, 6.45) is 5.45. The SMILES string of the molecule is CCOc1nc(NC)cn2ccnc12. The molecule has 74 valence electrons. The molecule has 0 aliphatic heterocycles. The van der Waals surface area contributed by atoms with Gasteiger partial charge in [0.05, 0.1) is 12.8 Å². The summed E-state index contributed by atoms with van der Waals surface area (Å²) < 4.78 is 7.26. The monoisotopic (exact) mass is 192 g/mol. The fourth-order valence-corrected chi connectivity index (χ4v) is 1.26. The zero-order valence-corrected chi connectivity index (χ0v) is 8.19. The highest BCUT2D eigenvalue weighted by molar-refractivity contribution is 5.53. The van der Waals surface area contributed by atoms with Crippen molar-refractivity contribution in [2.75, 3.05) is 19.0 Å². The van der Waals surface area contributed by atoms with Crippen LogP contribution in [-0.4, -0.2) is 28.0 Å². The quantitative estimate of drug-likeness (QED) is 0.793. The van der Waals surface area contributed by atoms with Crippen LogP contribution < -0.4 is 10.1 Å². The second kappa shape index (κ2) is 3.53. The number of hydrogen-bond donors (Lipinski definition) is 1. The van der Waals surface area contributed by atoms with E-state index in [4.69, 9.17) is 4.74 Å². The third-order valence-electron chi connectivity index (χ3n) is 1.88. The molecular formula is C9H12N4O. The Kier molecular flexibility index (Phi) is 2.22. The minimum Gasteiger partial charge on any atom is -0.475 e. The van der Waals surface area contributed by atoms with Gasteiger partial charge in [-0.15, -0.1) is 0 Å². The van der Waals surface area contributed by atoms with Gasteiger partial charge in [0.1, 0.15) is 5.82 Å². The normalized spacial score (nSPS) is 10.4. The first-order valence-electron chi connectivity index (χ1n) is 4.49. The van der Waals surface area contributed by atoms with Crippen LogP contribution in [-0.2, 0) is 0 Å². The molecular weight excluding hydrogens is 180 g/mol. The first-order valence-corrected chi connectivity index (χ1v) is 4.49. The van der Waals surface area contributed by atoms with Crippen molar-refractivity contribution in [1.82, 2.24) is 14.4 Å². The molecule has 0 radical (unpaired) electrons. The van der Waals surface area contributed by atoms with Crippen molar-refractivity contribution in [2.24, 2.45) is 0 Å². The molecule has 0 spiro atoms. The molecule has 1 N–H and O–H groups in total. The average Bonchev–Trinajstić information content (AvgIpc) is 2.66. The number of nitrogens with zero attached hydrogens (tertiary/aromatic N) is 3. The largest absolute Gasteiger partial charge is 0.475 e. The second-order valence-electron chi connectivity index (χ2n) is 2.77. The van der Waals surface area contributed by atoms with Gasteiger partial charge in [-0.05, 0) is 6.92 Å². The Balaban J connectivity index is 2.58. The fourth-order valence-electron chi connectivity index (χ4n) is 1.26. The van der Waals surface area contributed by atoms with E-state index in [2.05, 4.69) is 15.3 Å². The lowest BCUT2D eigenvalue weighted by Gasteiger charge is -2.06. The summed E-state index contributed by atoms with van der Waals surface area (Å²) in [7, 11) is 1.82. The summed E-state index contributed by atoms with van der Waals surface area (Å²) in [6.45, 7) is 2.51. The number of rotatable bonds is 3. The van der Waals surface area contributed by atoms with Crippen LogP contribution in [0, 0.1) is 0 Å². The molecule has 0 atom stereocenters.